The fourth-order valence-electron chi connectivity index (χ4n) is 3.14. The number of rotatable bonds is 3. The van der Waals surface area contributed by atoms with Gasteiger partial charge >= 0.3 is 0 Å². The van der Waals surface area contributed by atoms with Crippen LogP contribution < -0.4 is 16.0 Å². The van der Waals surface area contributed by atoms with Gasteiger partial charge in [-0.05, 0) is 36.6 Å². The lowest BCUT2D eigenvalue weighted by Crippen LogP contribution is -2.26. The van der Waals surface area contributed by atoms with Crippen LogP contribution in [-0.2, 0) is 6.42 Å². The molecule has 1 aromatic heterocycles. The number of hydrogen-bond donors (Lipinski definition) is 2. The molecule has 3 aromatic rings. The molecule has 0 bridgehead atoms. The number of aromatic nitrogens is 2. The summed E-state index contributed by atoms with van der Waals surface area (Å²) in [7, 11) is 0. The van der Waals surface area contributed by atoms with Gasteiger partial charge in [0.2, 0.25) is 0 Å². The number of para-hydroxylation sites is 2. The Hall–Kier alpha value is -3.15. The van der Waals surface area contributed by atoms with Crippen molar-refractivity contribution in [1.82, 2.24) is 9.97 Å². The number of nitrogens with one attached hydrogen (secondary N) is 1. The fourth-order valence-corrected chi connectivity index (χ4v) is 3.14. The molecular weight excluding hydrogens is 317 g/mol. The summed E-state index contributed by atoms with van der Waals surface area (Å²) in [6.07, 6.45) is 3.51. The van der Waals surface area contributed by atoms with E-state index < -0.39 is 0 Å². The Kier molecular flexibility index (Phi) is 3.93. The molecule has 5 nitrogen and oxygen atoms in total. The Bertz CT molecular complexity index is 912. The monoisotopic (exact) mass is 335 g/mol. The lowest BCUT2D eigenvalue weighted by molar-refractivity contribution is 0.632. The maximum atomic E-state index is 13.9. The zero-order chi connectivity index (χ0) is 17.2. The summed E-state index contributed by atoms with van der Waals surface area (Å²) in [6, 6.07) is 14.7. The van der Waals surface area contributed by atoms with Gasteiger partial charge in [0.1, 0.15) is 17.8 Å². The molecule has 4 rings (SSSR count). The van der Waals surface area contributed by atoms with E-state index in [0.29, 0.717) is 23.0 Å². The molecule has 0 spiro atoms. The maximum absolute atomic E-state index is 13.9. The van der Waals surface area contributed by atoms with Crippen LogP contribution in [0.1, 0.15) is 12.0 Å². The van der Waals surface area contributed by atoms with Crippen LogP contribution in [-0.4, -0.2) is 16.5 Å². The maximum Gasteiger partial charge on any atom is 0.161 e. The van der Waals surface area contributed by atoms with Gasteiger partial charge in [-0.25, -0.2) is 14.4 Å². The van der Waals surface area contributed by atoms with Gasteiger partial charge in [0.25, 0.3) is 0 Å². The van der Waals surface area contributed by atoms with E-state index in [2.05, 4.69) is 32.3 Å². The van der Waals surface area contributed by atoms with Gasteiger partial charge < -0.3 is 16.0 Å². The number of benzene rings is 2. The predicted molar refractivity (Wildman–Crippen MR) is 97.9 cm³/mol. The summed E-state index contributed by atoms with van der Waals surface area (Å²) in [4.78, 5) is 10.7. The van der Waals surface area contributed by atoms with E-state index in [0.717, 1.165) is 25.1 Å². The Labute approximate surface area is 145 Å². The van der Waals surface area contributed by atoms with E-state index in [-0.39, 0.29) is 5.82 Å². The van der Waals surface area contributed by atoms with Crippen LogP contribution in [0.25, 0.3) is 0 Å². The van der Waals surface area contributed by atoms with Crippen LogP contribution in [0.5, 0.6) is 0 Å². The lowest BCUT2D eigenvalue weighted by atomic mass is 10.0. The van der Waals surface area contributed by atoms with E-state index in [1.165, 1.54) is 18.0 Å². The molecule has 25 heavy (non-hydrogen) atoms. The van der Waals surface area contributed by atoms with Crippen molar-refractivity contribution in [3.63, 3.8) is 0 Å². The van der Waals surface area contributed by atoms with Crippen LogP contribution in [0, 0.1) is 5.82 Å². The number of anilines is 5. The van der Waals surface area contributed by atoms with Gasteiger partial charge in [-0.2, -0.15) is 0 Å². The van der Waals surface area contributed by atoms with Crippen molar-refractivity contribution in [2.75, 3.05) is 22.5 Å². The quantitative estimate of drug-likeness (QED) is 0.756. The highest BCUT2D eigenvalue weighted by Crippen LogP contribution is 2.37. The molecule has 6 heteroatoms. The van der Waals surface area contributed by atoms with Gasteiger partial charge in [-0.3, -0.25) is 0 Å². The topological polar surface area (TPSA) is 67.1 Å². The van der Waals surface area contributed by atoms with Gasteiger partial charge in [-0.15, -0.1) is 0 Å². The van der Waals surface area contributed by atoms with Gasteiger partial charge in [-0.1, -0.05) is 30.3 Å². The van der Waals surface area contributed by atoms with E-state index in [1.54, 1.807) is 18.2 Å². The number of fused-ring (bicyclic) bond motifs is 1. The van der Waals surface area contributed by atoms with Crippen molar-refractivity contribution in [3.8, 4) is 0 Å². The minimum absolute atomic E-state index is 0.331. The van der Waals surface area contributed by atoms with Gasteiger partial charge in [0.05, 0.1) is 5.69 Å². The first-order valence-corrected chi connectivity index (χ1v) is 8.21. The molecule has 0 unspecified atom stereocenters. The average molecular weight is 335 g/mol. The highest BCUT2D eigenvalue weighted by Gasteiger charge is 2.22. The summed E-state index contributed by atoms with van der Waals surface area (Å²) in [5, 5.41) is 2.97. The van der Waals surface area contributed by atoms with E-state index in [1.807, 2.05) is 12.1 Å². The van der Waals surface area contributed by atoms with E-state index in [4.69, 9.17) is 5.73 Å². The highest BCUT2D eigenvalue weighted by molar-refractivity contribution is 5.82. The number of hydrogen-bond acceptors (Lipinski definition) is 5. The molecule has 3 N–H and O–H groups in total. The highest BCUT2D eigenvalue weighted by atomic mass is 19.1. The first-order chi connectivity index (χ1) is 12.2. The van der Waals surface area contributed by atoms with Crippen LogP contribution in [0.15, 0.2) is 54.9 Å². The summed E-state index contributed by atoms with van der Waals surface area (Å²) >= 11 is 0. The zero-order valence-corrected chi connectivity index (χ0v) is 13.6. The largest absolute Gasteiger partial charge is 0.393 e. The first-order valence-electron chi connectivity index (χ1n) is 8.21. The number of nitrogens with two attached hydrogens (primary N) is 1. The minimum Gasteiger partial charge on any atom is -0.393 e. The smallest absolute Gasteiger partial charge is 0.161 e. The van der Waals surface area contributed by atoms with Crippen LogP contribution in [0.3, 0.4) is 0 Å². The summed E-state index contributed by atoms with van der Waals surface area (Å²) in [5.74, 6) is 0.685. The summed E-state index contributed by atoms with van der Waals surface area (Å²) in [5.41, 5.74) is 9.43. The Balaban J connectivity index is 1.72. The van der Waals surface area contributed by atoms with Crippen molar-refractivity contribution in [2.24, 2.45) is 0 Å². The molecule has 0 fully saturated rings. The molecule has 2 heterocycles. The Morgan fingerprint density at radius 2 is 1.84 bits per heavy atom. The molecule has 126 valence electrons. The van der Waals surface area contributed by atoms with Crippen LogP contribution in [0.4, 0.5) is 33.1 Å². The Morgan fingerprint density at radius 3 is 2.72 bits per heavy atom. The molecular formula is C19H18FN5. The second-order valence-corrected chi connectivity index (χ2v) is 5.95. The molecule has 0 atom stereocenters. The van der Waals surface area contributed by atoms with Gasteiger partial charge in [0.15, 0.2) is 11.6 Å². The standard InChI is InChI=1S/C19H18FN5/c20-14-8-2-3-9-15(14)24-18-17(21)19(23-12-22-18)25-11-5-7-13-6-1-4-10-16(13)25/h1-4,6,8-10,12H,5,7,11,21H2,(H,22,23,24). The third-order valence-electron chi connectivity index (χ3n) is 4.36. The Morgan fingerprint density at radius 1 is 1.04 bits per heavy atom. The number of halogens is 1. The van der Waals surface area contributed by atoms with Crippen molar-refractivity contribution in [2.45, 2.75) is 12.8 Å². The van der Waals surface area contributed by atoms with E-state index in [9.17, 15) is 4.39 Å². The molecule has 2 aromatic carbocycles. The lowest BCUT2D eigenvalue weighted by Gasteiger charge is -2.31. The molecule has 0 amide bonds. The van der Waals surface area contributed by atoms with Crippen LogP contribution >= 0.6 is 0 Å². The number of nitrogens with zero attached hydrogens (tertiary/aromatic N) is 3. The third-order valence-corrected chi connectivity index (χ3v) is 4.36. The van der Waals surface area contributed by atoms with Gasteiger partial charge in [0, 0.05) is 12.2 Å². The van der Waals surface area contributed by atoms with Crippen molar-refractivity contribution < 1.29 is 4.39 Å². The first kappa shape index (κ1) is 15.4. The molecule has 0 aliphatic carbocycles. The molecule has 1 aliphatic heterocycles. The van der Waals surface area contributed by atoms with E-state index >= 15 is 0 Å². The molecule has 0 saturated heterocycles. The fraction of sp³-hybridized carbons (Fsp3) is 0.158. The summed E-state index contributed by atoms with van der Waals surface area (Å²) in [6.45, 7) is 0.831. The second-order valence-electron chi connectivity index (χ2n) is 5.95. The SMILES string of the molecule is Nc1c(Nc2ccccc2F)ncnc1N1CCCc2ccccc21. The molecule has 0 radical (unpaired) electrons. The second kappa shape index (κ2) is 6.39. The third kappa shape index (κ3) is 2.87. The predicted octanol–water partition coefficient (Wildman–Crippen LogP) is 4.03. The van der Waals surface area contributed by atoms with Crippen molar-refractivity contribution in [3.05, 3.63) is 66.2 Å². The average Bonchev–Trinajstić information content (AvgIpc) is 2.65. The van der Waals surface area contributed by atoms with Crippen molar-refractivity contribution >= 4 is 28.7 Å². The van der Waals surface area contributed by atoms with Crippen molar-refractivity contribution in [1.29, 1.82) is 0 Å². The number of nitrogen functional groups attached to an aromatic ring is 1. The number of aryl methyl sites for hydroxylation is 1. The van der Waals surface area contributed by atoms with Crippen LogP contribution in [0.2, 0.25) is 0 Å². The minimum atomic E-state index is -0.356. The molecule has 1 aliphatic rings. The normalized spacial score (nSPS) is 13.4. The molecule has 0 saturated carbocycles. The zero-order valence-electron chi connectivity index (χ0n) is 13.6. The summed E-state index contributed by atoms with van der Waals surface area (Å²) < 4.78 is 13.9.